The van der Waals surface area contributed by atoms with Crippen molar-refractivity contribution >= 4 is 0 Å². The predicted octanol–water partition coefficient (Wildman–Crippen LogP) is 1.18. The summed E-state index contributed by atoms with van der Waals surface area (Å²) >= 11 is 0. The SMILES string of the molecule is CN1CCC(n2cncc2C2CCCN2)C1. The standard InChI is InChI=1S/C12H20N4/c1-15-6-4-10(8-15)16-9-13-7-12(16)11-3-2-5-14-11/h7,9-11,14H,2-6,8H2,1H3. The molecule has 0 amide bonds. The van der Waals surface area contributed by atoms with Gasteiger partial charge in [-0.3, -0.25) is 0 Å². The Bertz CT molecular complexity index is 354. The van der Waals surface area contributed by atoms with Gasteiger partial charge in [0.2, 0.25) is 0 Å². The highest BCUT2D eigenvalue weighted by atomic mass is 15.2. The minimum absolute atomic E-state index is 0.536. The van der Waals surface area contributed by atoms with E-state index in [1.807, 2.05) is 12.5 Å². The van der Waals surface area contributed by atoms with E-state index >= 15 is 0 Å². The van der Waals surface area contributed by atoms with Crippen LogP contribution in [0.2, 0.25) is 0 Å². The van der Waals surface area contributed by atoms with Gasteiger partial charge in [-0.2, -0.15) is 0 Å². The van der Waals surface area contributed by atoms with Crippen molar-refractivity contribution in [3.05, 3.63) is 18.2 Å². The van der Waals surface area contributed by atoms with Crippen molar-refractivity contribution in [1.82, 2.24) is 19.8 Å². The molecule has 1 aromatic rings. The summed E-state index contributed by atoms with van der Waals surface area (Å²) in [4.78, 5) is 6.74. The van der Waals surface area contributed by atoms with Crippen LogP contribution < -0.4 is 5.32 Å². The molecule has 3 heterocycles. The predicted molar refractivity (Wildman–Crippen MR) is 63.4 cm³/mol. The lowest BCUT2D eigenvalue weighted by molar-refractivity contribution is 0.386. The molecular formula is C12H20N4. The Morgan fingerprint density at radius 3 is 3.06 bits per heavy atom. The first-order chi connectivity index (χ1) is 7.84. The summed E-state index contributed by atoms with van der Waals surface area (Å²) in [7, 11) is 2.20. The molecule has 16 heavy (non-hydrogen) atoms. The average Bonchev–Trinajstić information content (AvgIpc) is 2.96. The summed E-state index contributed by atoms with van der Waals surface area (Å²) in [6.45, 7) is 3.52. The van der Waals surface area contributed by atoms with Crippen LogP contribution in [-0.2, 0) is 0 Å². The number of aromatic nitrogens is 2. The van der Waals surface area contributed by atoms with E-state index in [1.54, 1.807) is 0 Å². The van der Waals surface area contributed by atoms with Gasteiger partial charge in [0.15, 0.2) is 0 Å². The number of likely N-dealkylation sites (tertiary alicyclic amines) is 1. The lowest BCUT2D eigenvalue weighted by Gasteiger charge is -2.19. The minimum atomic E-state index is 0.536. The van der Waals surface area contributed by atoms with Gasteiger partial charge in [-0.05, 0) is 39.4 Å². The molecular weight excluding hydrogens is 200 g/mol. The molecule has 0 aromatic carbocycles. The Hall–Kier alpha value is -0.870. The second kappa shape index (κ2) is 4.18. The van der Waals surface area contributed by atoms with Crippen molar-refractivity contribution in [1.29, 1.82) is 0 Å². The van der Waals surface area contributed by atoms with E-state index < -0.39 is 0 Å². The highest BCUT2D eigenvalue weighted by Crippen LogP contribution is 2.28. The molecule has 1 N–H and O–H groups in total. The van der Waals surface area contributed by atoms with Crippen LogP contribution >= 0.6 is 0 Å². The van der Waals surface area contributed by atoms with Crippen molar-refractivity contribution in [2.45, 2.75) is 31.3 Å². The van der Waals surface area contributed by atoms with Crippen molar-refractivity contribution in [3.63, 3.8) is 0 Å². The number of nitrogens with one attached hydrogen (secondary N) is 1. The molecule has 0 radical (unpaired) electrons. The van der Waals surface area contributed by atoms with Gasteiger partial charge >= 0.3 is 0 Å². The molecule has 2 aliphatic rings. The molecule has 2 unspecified atom stereocenters. The van der Waals surface area contributed by atoms with Crippen LogP contribution in [0.4, 0.5) is 0 Å². The third-order valence-corrected chi connectivity index (χ3v) is 3.87. The van der Waals surface area contributed by atoms with Crippen LogP contribution in [0.1, 0.15) is 37.0 Å². The zero-order chi connectivity index (χ0) is 11.0. The molecule has 0 spiro atoms. The molecule has 0 bridgehead atoms. The van der Waals surface area contributed by atoms with Gasteiger partial charge < -0.3 is 14.8 Å². The van der Waals surface area contributed by atoms with Gasteiger partial charge in [-0.1, -0.05) is 0 Å². The first-order valence-electron chi connectivity index (χ1n) is 6.28. The highest BCUT2D eigenvalue weighted by Gasteiger charge is 2.26. The maximum atomic E-state index is 4.34. The van der Waals surface area contributed by atoms with Gasteiger partial charge in [0, 0.05) is 24.8 Å². The normalized spacial score (nSPS) is 31.3. The van der Waals surface area contributed by atoms with Crippen molar-refractivity contribution in [2.75, 3.05) is 26.7 Å². The summed E-state index contributed by atoms with van der Waals surface area (Å²) in [5, 5.41) is 3.56. The first kappa shape index (κ1) is 10.3. The lowest BCUT2D eigenvalue weighted by Crippen LogP contribution is -2.21. The number of likely N-dealkylation sites (N-methyl/N-ethyl adjacent to an activating group) is 1. The van der Waals surface area contributed by atoms with Gasteiger partial charge in [-0.25, -0.2) is 4.98 Å². The minimum Gasteiger partial charge on any atom is -0.329 e. The Balaban J connectivity index is 1.81. The fraction of sp³-hybridized carbons (Fsp3) is 0.750. The smallest absolute Gasteiger partial charge is 0.0951 e. The number of nitrogens with zero attached hydrogens (tertiary/aromatic N) is 3. The fourth-order valence-electron chi connectivity index (χ4n) is 2.97. The average molecular weight is 220 g/mol. The molecule has 88 valence electrons. The molecule has 4 heteroatoms. The van der Waals surface area contributed by atoms with E-state index in [0.29, 0.717) is 12.1 Å². The van der Waals surface area contributed by atoms with Gasteiger partial charge in [0.1, 0.15) is 0 Å². The Labute approximate surface area is 96.7 Å². The Morgan fingerprint density at radius 1 is 1.44 bits per heavy atom. The molecule has 4 nitrogen and oxygen atoms in total. The van der Waals surface area contributed by atoms with Crippen LogP contribution in [-0.4, -0.2) is 41.1 Å². The van der Waals surface area contributed by atoms with Gasteiger partial charge in [0.05, 0.1) is 12.0 Å². The van der Waals surface area contributed by atoms with E-state index in [4.69, 9.17) is 0 Å². The third-order valence-electron chi connectivity index (χ3n) is 3.87. The first-order valence-corrected chi connectivity index (χ1v) is 6.28. The van der Waals surface area contributed by atoms with Gasteiger partial charge in [-0.15, -0.1) is 0 Å². The number of rotatable bonds is 2. The highest BCUT2D eigenvalue weighted by molar-refractivity contribution is 5.09. The van der Waals surface area contributed by atoms with Crippen molar-refractivity contribution in [3.8, 4) is 0 Å². The van der Waals surface area contributed by atoms with Crippen LogP contribution in [0.15, 0.2) is 12.5 Å². The second-order valence-corrected chi connectivity index (χ2v) is 5.08. The molecule has 3 rings (SSSR count). The number of hydrogen-bond donors (Lipinski definition) is 1. The molecule has 2 atom stereocenters. The molecule has 0 saturated carbocycles. The second-order valence-electron chi connectivity index (χ2n) is 5.08. The quantitative estimate of drug-likeness (QED) is 0.812. The van der Waals surface area contributed by atoms with Crippen molar-refractivity contribution < 1.29 is 0 Å². The van der Waals surface area contributed by atoms with Crippen LogP contribution in [0, 0.1) is 0 Å². The third kappa shape index (κ3) is 1.76. The zero-order valence-corrected chi connectivity index (χ0v) is 9.89. The van der Waals surface area contributed by atoms with Gasteiger partial charge in [0.25, 0.3) is 0 Å². The fourth-order valence-corrected chi connectivity index (χ4v) is 2.97. The maximum absolute atomic E-state index is 4.34. The van der Waals surface area contributed by atoms with Crippen molar-refractivity contribution in [2.24, 2.45) is 0 Å². The van der Waals surface area contributed by atoms with E-state index in [1.165, 1.54) is 31.5 Å². The Kier molecular flexibility index (Phi) is 2.69. The van der Waals surface area contributed by atoms with Crippen LogP contribution in [0.5, 0.6) is 0 Å². The topological polar surface area (TPSA) is 33.1 Å². The molecule has 0 aliphatic carbocycles. The zero-order valence-electron chi connectivity index (χ0n) is 9.89. The number of hydrogen-bond acceptors (Lipinski definition) is 3. The largest absolute Gasteiger partial charge is 0.329 e. The molecule has 2 aliphatic heterocycles. The van der Waals surface area contributed by atoms with E-state index in [-0.39, 0.29) is 0 Å². The summed E-state index contributed by atoms with van der Waals surface area (Å²) < 4.78 is 2.40. The molecule has 2 fully saturated rings. The lowest BCUT2D eigenvalue weighted by atomic mass is 10.1. The monoisotopic (exact) mass is 220 g/mol. The number of imidazole rings is 1. The van der Waals surface area contributed by atoms with E-state index in [0.717, 1.165) is 13.1 Å². The summed E-state index contributed by atoms with van der Waals surface area (Å²) in [6.07, 6.45) is 7.86. The van der Waals surface area contributed by atoms with Crippen LogP contribution in [0.3, 0.4) is 0 Å². The van der Waals surface area contributed by atoms with Crippen LogP contribution in [0.25, 0.3) is 0 Å². The van der Waals surface area contributed by atoms with E-state index in [2.05, 4.69) is 26.8 Å². The summed E-state index contributed by atoms with van der Waals surface area (Å²) in [5.74, 6) is 0. The molecule has 2 saturated heterocycles. The van der Waals surface area contributed by atoms with E-state index in [9.17, 15) is 0 Å². The summed E-state index contributed by atoms with van der Waals surface area (Å²) in [5.41, 5.74) is 1.39. The Morgan fingerprint density at radius 2 is 2.38 bits per heavy atom. The summed E-state index contributed by atoms with van der Waals surface area (Å²) in [6, 6.07) is 1.17. The maximum Gasteiger partial charge on any atom is 0.0951 e. The molecule has 1 aromatic heterocycles.